The molecule has 0 unspecified atom stereocenters. The van der Waals surface area contributed by atoms with Crippen LogP contribution in [0.3, 0.4) is 0 Å². The minimum absolute atomic E-state index is 0.100. The average Bonchev–Trinajstić information content (AvgIpc) is 2.15. The van der Waals surface area contributed by atoms with Gasteiger partial charge < -0.3 is 9.84 Å². The quantitative estimate of drug-likeness (QED) is 0.771. The van der Waals surface area contributed by atoms with Crippen LogP contribution in [0.25, 0.3) is 0 Å². The molecular formula is C14H26O3. The van der Waals surface area contributed by atoms with Gasteiger partial charge in [0, 0.05) is 0 Å². The third-order valence-corrected chi connectivity index (χ3v) is 3.85. The molecule has 1 fully saturated rings. The van der Waals surface area contributed by atoms with Crippen molar-refractivity contribution in [3.8, 4) is 0 Å². The van der Waals surface area contributed by atoms with Gasteiger partial charge in [0.15, 0.2) is 0 Å². The maximum absolute atomic E-state index is 11.6. The standard InChI is InChI=1S/C14H26O3/c1-10(2)12-5-7-14(4,8-6-12)17-13(16)9-11(3)15/h10-12,15H,5-9H2,1-4H3/t11-,12?,14?/m1/s1. The molecule has 0 spiro atoms. The number of aliphatic hydroxyl groups is 1. The van der Waals surface area contributed by atoms with Gasteiger partial charge >= 0.3 is 5.97 Å². The highest BCUT2D eigenvalue weighted by molar-refractivity contribution is 5.70. The van der Waals surface area contributed by atoms with Crippen LogP contribution in [0.15, 0.2) is 0 Å². The summed E-state index contributed by atoms with van der Waals surface area (Å²) in [5, 5.41) is 9.15. The lowest BCUT2D eigenvalue weighted by atomic mass is 9.75. The summed E-state index contributed by atoms with van der Waals surface area (Å²) in [6.45, 7) is 8.14. The highest BCUT2D eigenvalue weighted by Gasteiger charge is 2.35. The zero-order chi connectivity index (χ0) is 13.1. The van der Waals surface area contributed by atoms with Gasteiger partial charge in [-0.05, 0) is 51.4 Å². The summed E-state index contributed by atoms with van der Waals surface area (Å²) >= 11 is 0. The number of carbonyl (C=O) groups excluding carboxylic acids is 1. The Labute approximate surface area is 105 Å². The molecule has 0 aromatic heterocycles. The Balaban J connectivity index is 2.41. The molecule has 0 heterocycles. The average molecular weight is 242 g/mol. The Hall–Kier alpha value is -0.570. The fraction of sp³-hybridized carbons (Fsp3) is 0.929. The molecule has 0 aromatic carbocycles. The molecule has 0 amide bonds. The number of hydrogen-bond donors (Lipinski definition) is 1. The molecule has 1 aliphatic rings. The van der Waals surface area contributed by atoms with Crippen molar-refractivity contribution in [1.82, 2.24) is 0 Å². The second kappa shape index (κ2) is 5.85. The maximum Gasteiger partial charge on any atom is 0.308 e. The van der Waals surface area contributed by atoms with Gasteiger partial charge in [-0.2, -0.15) is 0 Å². The molecule has 1 atom stereocenters. The number of esters is 1. The second-order valence-electron chi connectivity index (χ2n) is 6.06. The zero-order valence-corrected chi connectivity index (χ0v) is 11.5. The normalized spacial score (nSPS) is 31.3. The van der Waals surface area contributed by atoms with E-state index in [-0.39, 0.29) is 18.0 Å². The molecular weight excluding hydrogens is 216 g/mol. The van der Waals surface area contributed by atoms with E-state index in [1.54, 1.807) is 6.92 Å². The fourth-order valence-electron chi connectivity index (χ4n) is 2.58. The first kappa shape index (κ1) is 14.5. The molecule has 0 saturated heterocycles. The molecule has 0 aliphatic heterocycles. The minimum atomic E-state index is -0.613. The fourth-order valence-corrected chi connectivity index (χ4v) is 2.58. The molecule has 1 saturated carbocycles. The summed E-state index contributed by atoms with van der Waals surface area (Å²) in [5.74, 6) is 1.21. The van der Waals surface area contributed by atoms with Crippen molar-refractivity contribution in [3.05, 3.63) is 0 Å². The van der Waals surface area contributed by atoms with E-state index in [2.05, 4.69) is 13.8 Å². The van der Waals surface area contributed by atoms with Crippen molar-refractivity contribution in [3.63, 3.8) is 0 Å². The first-order valence-electron chi connectivity index (χ1n) is 6.72. The topological polar surface area (TPSA) is 46.5 Å². The monoisotopic (exact) mass is 242 g/mol. The van der Waals surface area contributed by atoms with Gasteiger partial charge in [-0.1, -0.05) is 13.8 Å². The van der Waals surface area contributed by atoms with Crippen molar-refractivity contribution in [1.29, 1.82) is 0 Å². The van der Waals surface area contributed by atoms with Crippen molar-refractivity contribution in [2.24, 2.45) is 11.8 Å². The Kier molecular flexibility index (Phi) is 4.99. The summed E-state index contributed by atoms with van der Waals surface area (Å²) < 4.78 is 5.52. The predicted molar refractivity (Wildman–Crippen MR) is 67.6 cm³/mol. The van der Waals surface area contributed by atoms with Crippen LogP contribution in [0.2, 0.25) is 0 Å². The first-order valence-corrected chi connectivity index (χ1v) is 6.72. The molecule has 1 rings (SSSR count). The first-order chi connectivity index (χ1) is 7.82. The van der Waals surface area contributed by atoms with Gasteiger partial charge in [0.2, 0.25) is 0 Å². The molecule has 0 bridgehead atoms. The zero-order valence-electron chi connectivity index (χ0n) is 11.5. The lowest BCUT2D eigenvalue weighted by Crippen LogP contribution is -2.37. The lowest BCUT2D eigenvalue weighted by Gasteiger charge is -2.38. The molecule has 3 nitrogen and oxygen atoms in total. The lowest BCUT2D eigenvalue weighted by molar-refractivity contribution is -0.164. The Morgan fingerprint density at radius 2 is 1.88 bits per heavy atom. The van der Waals surface area contributed by atoms with E-state index in [1.165, 1.54) is 0 Å². The molecule has 0 radical (unpaired) electrons. The molecule has 0 aromatic rings. The van der Waals surface area contributed by atoms with Crippen molar-refractivity contribution < 1.29 is 14.6 Å². The van der Waals surface area contributed by atoms with Crippen LogP contribution in [0, 0.1) is 11.8 Å². The smallest absolute Gasteiger partial charge is 0.308 e. The molecule has 1 aliphatic carbocycles. The van der Waals surface area contributed by atoms with Crippen molar-refractivity contribution in [2.45, 2.75) is 71.5 Å². The number of hydrogen-bond acceptors (Lipinski definition) is 3. The van der Waals surface area contributed by atoms with Gasteiger partial charge in [0.25, 0.3) is 0 Å². The minimum Gasteiger partial charge on any atom is -0.459 e. The van der Waals surface area contributed by atoms with E-state index in [9.17, 15) is 4.79 Å². The molecule has 17 heavy (non-hydrogen) atoms. The number of carbonyl (C=O) groups is 1. The molecule has 100 valence electrons. The van der Waals surface area contributed by atoms with E-state index in [0.29, 0.717) is 5.92 Å². The van der Waals surface area contributed by atoms with Gasteiger partial charge in [-0.3, -0.25) is 4.79 Å². The summed E-state index contributed by atoms with van der Waals surface area (Å²) in [6, 6.07) is 0. The Morgan fingerprint density at radius 1 is 1.35 bits per heavy atom. The van der Waals surface area contributed by atoms with Crippen molar-refractivity contribution in [2.75, 3.05) is 0 Å². The van der Waals surface area contributed by atoms with Crippen LogP contribution in [-0.2, 0) is 9.53 Å². The summed E-state index contributed by atoms with van der Waals surface area (Å²) in [7, 11) is 0. The molecule has 3 heteroatoms. The summed E-state index contributed by atoms with van der Waals surface area (Å²) in [6.07, 6.45) is 3.65. The van der Waals surface area contributed by atoms with E-state index in [4.69, 9.17) is 9.84 Å². The second-order valence-corrected chi connectivity index (χ2v) is 6.06. The van der Waals surface area contributed by atoms with Crippen LogP contribution in [0.5, 0.6) is 0 Å². The third kappa shape index (κ3) is 4.66. The van der Waals surface area contributed by atoms with Crippen LogP contribution in [-0.4, -0.2) is 22.8 Å². The highest BCUT2D eigenvalue weighted by Crippen LogP contribution is 2.37. The van der Waals surface area contributed by atoms with Crippen LogP contribution in [0.1, 0.15) is 59.8 Å². The Morgan fingerprint density at radius 3 is 2.29 bits per heavy atom. The van der Waals surface area contributed by atoms with Crippen LogP contribution < -0.4 is 0 Å². The third-order valence-electron chi connectivity index (χ3n) is 3.85. The van der Waals surface area contributed by atoms with E-state index < -0.39 is 6.10 Å². The van der Waals surface area contributed by atoms with Gasteiger partial charge in [-0.25, -0.2) is 0 Å². The molecule has 1 N–H and O–H groups in total. The maximum atomic E-state index is 11.6. The van der Waals surface area contributed by atoms with Gasteiger partial charge in [-0.15, -0.1) is 0 Å². The number of rotatable bonds is 4. The summed E-state index contributed by atoms with van der Waals surface area (Å²) in [4.78, 5) is 11.6. The van der Waals surface area contributed by atoms with E-state index >= 15 is 0 Å². The van der Waals surface area contributed by atoms with Crippen LogP contribution in [0.4, 0.5) is 0 Å². The van der Waals surface area contributed by atoms with Gasteiger partial charge in [0.05, 0.1) is 12.5 Å². The highest BCUT2D eigenvalue weighted by atomic mass is 16.6. The number of ether oxygens (including phenoxy) is 1. The summed E-state index contributed by atoms with van der Waals surface area (Å²) in [5.41, 5.74) is -0.308. The SMILES string of the molecule is CC(C)C1CCC(C)(OC(=O)C[C@@H](C)O)CC1. The predicted octanol–water partition coefficient (Wildman–Crippen LogP) is 2.91. The van der Waals surface area contributed by atoms with E-state index in [1.807, 2.05) is 6.92 Å². The van der Waals surface area contributed by atoms with E-state index in [0.717, 1.165) is 31.6 Å². The van der Waals surface area contributed by atoms with Gasteiger partial charge in [0.1, 0.15) is 5.60 Å². The number of aliphatic hydroxyl groups excluding tert-OH is 1. The van der Waals surface area contributed by atoms with Crippen LogP contribution >= 0.6 is 0 Å². The Bertz CT molecular complexity index is 250. The van der Waals surface area contributed by atoms with Crippen molar-refractivity contribution >= 4 is 5.97 Å². The largest absolute Gasteiger partial charge is 0.459 e.